The average molecular weight is 339 g/mol. The molecule has 1 aromatic heterocycles. The molecule has 124 valence electrons. The lowest BCUT2D eigenvalue weighted by Gasteiger charge is -2.13. The Morgan fingerprint density at radius 2 is 1.88 bits per heavy atom. The van der Waals surface area contributed by atoms with Gasteiger partial charge in [0, 0.05) is 11.8 Å². The molecule has 3 aliphatic rings. The van der Waals surface area contributed by atoms with Gasteiger partial charge in [-0.2, -0.15) is 4.99 Å². The molecular formula is C21H15N4O+. The van der Waals surface area contributed by atoms with E-state index >= 15 is 0 Å². The highest BCUT2D eigenvalue weighted by atomic mass is 16.5. The first kappa shape index (κ1) is 14.7. The van der Waals surface area contributed by atoms with E-state index in [0.29, 0.717) is 5.75 Å². The summed E-state index contributed by atoms with van der Waals surface area (Å²) in [6.07, 6.45) is 15.3. The largest absolute Gasteiger partial charge is 0.456 e. The molecule has 5 nitrogen and oxygen atoms in total. The van der Waals surface area contributed by atoms with Crippen LogP contribution in [-0.4, -0.2) is 17.0 Å². The van der Waals surface area contributed by atoms with Gasteiger partial charge in [0.25, 0.3) is 0 Å². The van der Waals surface area contributed by atoms with Gasteiger partial charge in [0.15, 0.2) is 5.70 Å². The summed E-state index contributed by atoms with van der Waals surface area (Å²) in [4.78, 5) is 14.3. The van der Waals surface area contributed by atoms with Crippen LogP contribution in [0.4, 0.5) is 0 Å². The summed E-state index contributed by atoms with van der Waals surface area (Å²) < 4.78 is 5.82. The second kappa shape index (κ2) is 6.06. The van der Waals surface area contributed by atoms with Crippen molar-refractivity contribution in [3.8, 4) is 11.5 Å². The minimum Gasteiger partial charge on any atom is -0.456 e. The molecule has 0 fully saturated rings. The molecule has 26 heavy (non-hydrogen) atoms. The average Bonchev–Trinajstić information content (AvgIpc) is 3.01. The van der Waals surface area contributed by atoms with Crippen molar-refractivity contribution in [1.82, 2.24) is 4.98 Å². The number of hydrogen-bond donors (Lipinski definition) is 1. The second-order valence-corrected chi connectivity index (χ2v) is 6.03. The molecule has 0 amide bonds. The van der Waals surface area contributed by atoms with Crippen molar-refractivity contribution in [2.24, 2.45) is 9.98 Å². The molecule has 0 radical (unpaired) electrons. The van der Waals surface area contributed by atoms with Gasteiger partial charge in [0.2, 0.25) is 5.84 Å². The lowest BCUT2D eigenvalue weighted by Crippen LogP contribution is -3.08. The SMILES string of the molecule is C1=CC(C2=C3C=NC=C[NH+]3C(c3ccc(Oc4cccnc4)cc3)=N2)=C1. The van der Waals surface area contributed by atoms with E-state index in [1.165, 1.54) is 0 Å². The molecule has 1 N–H and O–H groups in total. The molecule has 5 heteroatoms. The highest BCUT2D eigenvalue weighted by Gasteiger charge is 2.34. The minimum atomic E-state index is 0.717. The maximum atomic E-state index is 5.82. The lowest BCUT2D eigenvalue weighted by atomic mass is 10.0. The number of ether oxygens (including phenoxy) is 1. The van der Waals surface area contributed by atoms with Gasteiger partial charge in [-0.1, -0.05) is 18.2 Å². The number of hydrogen-bond acceptors (Lipinski definition) is 4. The molecule has 5 rings (SSSR count). The number of amidine groups is 1. The first-order valence-corrected chi connectivity index (χ1v) is 8.36. The number of benzene rings is 1. The van der Waals surface area contributed by atoms with Gasteiger partial charge in [0.05, 0.1) is 24.2 Å². The summed E-state index contributed by atoms with van der Waals surface area (Å²) in [6, 6.07) is 11.7. The van der Waals surface area contributed by atoms with E-state index in [2.05, 4.69) is 22.1 Å². The number of quaternary nitrogens is 1. The van der Waals surface area contributed by atoms with E-state index < -0.39 is 0 Å². The van der Waals surface area contributed by atoms with Crippen molar-refractivity contribution < 1.29 is 9.64 Å². The topological polar surface area (TPSA) is 51.3 Å². The van der Waals surface area contributed by atoms with Gasteiger partial charge in [0.1, 0.15) is 23.4 Å². The Morgan fingerprint density at radius 3 is 2.62 bits per heavy atom. The number of aliphatic imine (C=N–C) groups is 2. The van der Waals surface area contributed by atoms with E-state index in [1.54, 1.807) is 12.4 Å². The van der Waals surface area contributed by atoms with E-state index in [-0.39, 0.29) is 0 Å². The van der Waals surface area contributed by atoms with Gasteiger partial charge in [-0.05, 0) is 36.4 Å². The van der Waals surface area contributed by atoms with Crippen molar-refractivity contribution in [2.75, 3.05) is 0 Å². The molecule has 1 unspecified atom stereocenters. The lowest BCUT2D eigenvalue weighted by molar-refractivity contribution is -0.689. The normalized spacial score (nSPS) is 19.8. The number of nitrogens with one attached hydrogen (secondary N) is 1. The molecule has 0 saturated heterocycles. The predicted molar refractivity (Wildman–Crippen MR) is 100 cm³/mol. The van der Waals surface area contributed by atoms with Crippen LogP contribution in [-0.2, 0) is 0 Å². The summed E-state index contributed by atoms with van der Waals surface area (Å²) in [7, 11) is 0. The molecule has 3 heterocycles. The Balaban J connectivity index is 1.43. The summed E-state index contributed by atoms with van der Waals surface area (Å²) in [5, 5.41) is 0. The first-order chi connectivity index (χ1) is 12.9. The fraction of sp³-hybridized carbons (Fsp3) is 0. The molecule has 1 aromatic carbocycles. The van der Waals surface area contributed by atoms with Crippen LogP contribution in [0.25, 0.3) is 0 Å². The van der Waals surface area contributed by atoms with E-state index in [1.807, 2.05) is 61.1 Å². The summed E-state index contributed by atoms with van der Waals surface area (Å²) in [6.45, 7) is 0. The second-order valence-electron chi connectivity index (χ2n) is 6.03. The van der Waals surface area contributed by atoms with Crippen molar-refractivity contribution in [2.45, 2.75) is 0 Å². The van der Waals surface area contributed by atoms with Crippen LogP contribution in [0.1, 0.15) is 5.56 Å². The van der Waals surface area contributed by atoms with Crippen LogP contribution in [0.15, 0.2) is 106 Å². The molecule has 1 aliphatic carbocycles. The summed E-state index contributed by atoms with van der Waals surface area (Å²) >= 11 is 0. The van der Waals surface area contributed by atoms with Crippen LogP contribution >= 0.6 is 0 Å². The first-order valence-electron chi connectivity index (χ1n) is 8.36. The number of aromatic nitrogens is 1. The third-order valence-corrected chi connectivity index (χ3v) is 4.38. The zero-order valence-corrected chi connectivity index (χ0v) is 13.8. The predicted octanol–water partition coefficient (Wildman–Crippen LogP) is 2.78. The molecule has 0 saturated carbocycles. The monoisotopic (exact) mass is 339 g/mol. The number of fused-ring (bicyclic) bond motifs is 1. The van der Waals surface area contributed by atoms with Crippen molar-refractivity contribution >= 4 is 12.1 Å². The van der Waals surface area contributed by atoms with Crippen LogP contribution < -0.4 is 9.64 Å². The maximum Gasteiger partial charge on any atom is 0.243 e. The fourth-order valence-electron chi connectivity index (χ4n) is 3.04. The molecule has 0 bridgehead atoms. The van der Waals surface area contributed by atoms with E-state index in [4.69, 9.17) is 9.73 Å². The molecule has 0 spiro atoms. The third kappa shape index (κ3) is 2.51. The van der Waals surface area contributed by atoms with Crippen molar-refractivity contribution in [1.29, 1.82) is 0 Å². The quantitative estimate of drug-likeness (QED) is 0.931. The summed E-state index contributed by atoms with van der Waals surface area (Å²) in [5.74, 6) is 2.45. The number of nitrogens with zero attached hydrogens (tertiary/aromatic N) is 3. The van der Waals surface area contributed by atoms with Gasteiger partial charge in [-0.15, -0.1) is 0 Å². The number of rotatable bonds is 4. The zero-order valence-electron chi connectivity index (χ0n) is 13.8. The molecular weight excluding hydrogens is 324 g/mol. The van der Waals surface area contributed by atoms with Crippen molar-refractivity contribution in [3.05, 3.63) is 102 Å². The highest BCUT2D eigenvalue weighted by molar-refractivity contribution is 5.99. The standard InChI is InChI=1S/C21H14N4O/c1-3-15(4-1)20-19-14-23-11-12-25(19)21(24-20)16-6-8-17(9-7-16)26-18-5-2-10-22-13-18/h1-14H/p+1. The highest BCUT2D eigenvalue weighted by Crippen LogP contribution is 2.26. The Hall–Kier alpha value is -3.57. The fourth-order valence-corrected chi connectivity index (χ4v) is 3.04. The van der Waals surface area contributed by atoms with Crippen LogP contribution in [0.3, 0.4) is 0 Å². The minimum absolute atomic E-state index is 0.717. The number of pyridine rings is 1. The Bertz CT molecular complexity index is 1040. The molecule has 2 aliphatic heterocycles. The third-order valence-electron chi connectivity index (χ3n) is 4.38. The van der Waals surface area contributed by atoms with Gasteiger partial charge in [-0.3, -0.25) is 9.98 Å². The van der Waals surface area contributed by atoms with Crippen LogP contribution in [0, 0.1) is 0 Å². The summed E-state index contributed by atoms with van der Waals surface area (Å²) in [5.41, 5.74) is 4.26. The Labute approximate surface area is 150 Å². The van der Waals surface area contributed by atoms with Gasteiger partial charge < -0.3 is 4.74 Å². The molecule has 1 atom stereocenters. The number of allylic oxidation sites excluding steroid dienone is 4. The van der Waals surface area contributed by atoms with Crippen LogP contribution in [0.2, 0.25) is 0 Å². The van der Waals surface area contributed by atoms with Crippen LogP contribution in [0.5, 0.6) is 11.5 Å². The Kier molecular flexibility index (Phi) is 3.43. The van der Waals surface area contributed by atoms with Crippen molar-refractivity contribution in [3.63, 3.8) is 0 Å². The van der Waals surface area contributed by atoms with Gasteiger partial charge in [-0.25, -0.2) is 4.90 Å². The van der Waals surface area contributed by atoms with E-state index in [9.17, 15) is 0 Å². The zero-order chi connectivity index (χ0) is 17.3. The molecule has 2 aromatic rings. The smallest absolute Gasteiger partial charge is 0.243 e. The maximum absolute atomic E-state index is 5.82. The Morgan fingerprint density at radius 1 is 1.00 bits per heavy atom. The van der Waals surface area contributed by atoms with E-state index in [0.717, 1.165) is 39.0 Å². The van der Waals surface area contributed by atoms with Gasteiger partial charge >= 0.3 is 0 Å².